The minimum absolute atomic E-state index is 0.144. The molecule has 0 aliphatic rings. The molecule has 0 amide bonds. The van der Waals surface area contributed by atoms with Gasteiger partial charge in [-0.15, -0.1) is 10.2 Å². The van der Waals surface area contributed by atoms with Gasteiger partial charge in [0.15, 0.2) is 10.9 Å². The monoisotopic (exact) mass is 472 g/mol. The van der Waals surface area contributed by atoms with Gasteiger partial charge in [0.05, 0.1) is 21.8 Å². The Morgan fingerprint density at radius 2 is 1.62 bits per heavy atom. The summed E-state index contributed by atoms with van der Waals surface area (Å²) in [4.78, 5) is 26.5. The van der Waals surface area contributed by atoms with Crippen LogP contribution in [0, 0.1) is 19.7 Å². The number of nitrogens with zero attached hydrogens (tertiary/aromatic N) is 4. The Morgan fingerprint density at radius 1 is 0.941 bits per heavy atom. The predicted octanol–water partition coefficient (Wildman–Crippen LogP) is 5.15. The number of benzene rings is 3. The molecule has 0 bridgehead atoms. The number of thioether (sulfide) groups is 1. The molecule has 1 unspecified atom stereocenters. The molecular weight excluding hydrogens is 451 g/mol. The Balaban J connectivity index is 1.70. The van der Waals surface area contributed by atoms with Gasteiger partial charge in [0.1, 0.15) is 5.82 Å². The highest BCUT2D eigenvalue weighted by Crippen LogP contribution is 2.29. The third-order valence-corrected chi connectivity index (χ3v) is 6.88. The number of aromatic nitrogens is 4. The van der Waals surface area contributed by atoms with Crippen LogP contribution in [0.5, 0.6) is 0 Å². The van der Waals surface area contributed by atoms with Gasteiger partial charge in [-0.2, -0.15) is 0 Å². The highest BCUT2D eigenvalue weighted by Gasteiger charge is 2.23. The van der Waals surface area contributed by atoms with Crippen LogP contribution in [0.2, 0.25) is 0 Å². The molecule has 5 rings (SSSR count). The highest BCUT2D eigenvalue weighted by atomic mass is 32.2. The summed E-state index contributed by atoms with van der Waals surface area (Å²) in [5, 5.41) is 9.26. The maximum Gasteiger partial charge on any atom is 0.267 e. The smallest absolute Gasteiger partial charge is 0.267 e. The highest BCUT2D eigenvalue weighted by molar-refractivity contribution is 8.00. The van der Waals surface area contributed by atoms with Crippen LogP contribution in [0.4, 0.5) is 4.39 Å². The van der Waals surface area contributed by atoms with E-state index in [-0.39, 0.29) is 11.3 Å². The lowest BCUT2D eigenvalue weighted by molar-refractivity contribution is 0.0994. The van der Waals surface area contributed by atoms with Crippen molar-refractivity contribution in [3.8, 4) is 5.69 Å². The van der Waals surface area contributed by atoms with Crippen molar-refractivity contribution in [2.45, 2.75) is 31.2 Å². The van der Waals surface area contributed by atoms with Crippen molar-refractivity contribution in [3.05, 3.63) is 99.6 Å². The molecule has 3 aromatic carbocycles. The van der Waals surface area contributed by atoms with Crippen molar-refractivity contribution in [2.75, 3.05) is 0 Å². The third-order valence-electron chi connectivity index (χ3n) is 5.84. The van der Waals surface area contributed by atoms with Gasteiger partial charge in [0.25, 0.3) is 5.56 Å². The fraction of sp³-hybridized carbons (Fsp3) is 0.154. The Bertz CT molecular complexity index is 1600. The number of fused-ring (bicyclic) bond motifs is 3. The Labute approximate surface area is 199 Å². The van der Waals surface area contributed by atoms with E-state index < -0.39 is 11.1 Å². The first kappa shape index (κ1) is 22.0. The third kappa shape index (κ3) is 3.60. The number of aryl methyl sites for hydroxylation is 2. The van der Waals surface area contributed by atoms with Gasteiger partial charge in [0, 0.05) is 5.56 Å². The predicted molar refractivity (Wildman–Crippen MR) is 132 cm³/mol. The quantitative estimate of drug-likeness (QED) is 0.261. The largest absolute Gasteiger partial charge is 0.293 e. The molecule has 0 saturated carbocycles. The Kier molecular flexibility index (Phi) is 5.53. The van der Waals surface area contributed by atoms with Crippen LogP contribution in [-0.2, 0) is 0 Å². The van der Waals surface area contributed by atoms with E-state index in [2.05, 4.69) is 10.2 Å². The van der Waals surface area contributed by atoms with Crippen LogP contribution in [0.25, 0.3) is 22.4 Å². The van der Waals surface area contributed by atoms with Crippen molar-refractivity contribution in [3.63, 3.8) is 0 Å². The van der Waals surface area contributed by atoms with E-state index in [1.807, 2.05) is 54.6 Å². The summed E-state index contributed by atoms with van der Waals surface area (Å²) in [5.74, 6) is -0.157. The average molecular weight is 473 g/mol. The number of ketones is 1. The molecule has 170 valence electrons. The first-order valence-corrected chi connectivity index (χ1v) is 11.7. The van der Waals surface area contributed by atoms with E-state index in [4.69, 9.17) is 0 Å². The maximum atomic E-state index is 13.6. The van der Waals surface area contributed by atoms with E-state index in [1.54, 1.807) is 17.6 Å². The molecule has 0 saturated heterocycles. The van der Waals surface area contributed by atoms with Crippen LogP contribution >= 0.6 is 11.8 Å². The molecule has 2 heterocycles. The fourth-order valence-corrected chi connectivity index (χ4v) is 5.11. The molecule has 6 nitrogen and oxygen atoms in total. The van der Waals surface area contributed by atoms with E-state index in [9.17, 15) is 14.0 Å². The number of para-hydroxylation sites is 2. The molecule has 2 aromatic heterocycles. The van der Waals surface area contributed by atoms with E-state index in [1.165, 1.54) is 36.0 Å². The number of carbonyl (C=O) groups is 1. The van der Waals surface area contributed by atoms with Gasteiger partial charge in [-0.25, -0.2) is 8.96 Å². The minimum Gasteiger partial charge on any atom is -0.293 e. The summed E-state index contributed by atoms with van der Waals surface area (Å²) in [6, 6.07) is 18.7. The molecule has 0 spiro atoms. The van der Waals surface area contributed by atoms with Crippen molar-refractivity contribution in [2.24, 2.45) is 0 Å². The first-order valence-electron chi connectivity index (χ1n) is 10.8. The number of Topliss-reactive ketones (excluding diaryl/α,β-unsaturated/α-hetero) is 1. The summed E-state index contributed by atoms with van der Waals surface area (Å²) in [6.07, 6.45) is 0. The molecule has 0 aliphatic heterocycles. The van der Waals surface area contributed by atoms with Crippen molar-refractivity contribution < 1.29 is 9.18 Å². The number of carbonyl (C=O) groups excluding carboxylic acids is 1. The molecule has 0 N–H and O–H groups in total. The molecule has 1 atom stereocenters. The van der Waals surface area contributed by atoms with Gasteiger partial charge >= 0.3 is 0 Å². The van der Waals surface area contributed by atoms with Crippen LogP contribution in [0.1, 0.15) is 28.4 Å². The second-order valence-electron chi connectivity index (χ2n) is 8.15. The van der Waals surface area contributed by atoms with E-state index in [0.717, 1.165) is 16.8 Å². The number of halogens is 1. The number of rotatable bonds is 5. The molecule has 0 fully saturated rings. The number of hydrogen-bond acceptors (Lipinski definition) is 5. The lowest BCUT2D eigenvalue weighted by Crippen LogP contribution is -2.23. The zero-order valence-electron chi connectivity index (χ0n) is 18.8. The lowest BCUT2D eigenvalue weighted by atomic mass is 10.1. The van der Waals surface area contributed by atoms with Gasteiger partial charge < -0.3 is 0 Å². The van der Waals surface area contributed by atoms with Crippen molar-refractivity contribution in [1.82, 2.24) is 19.2 Å². The minimum atomic E-state index is -0.503. The van der Waals surface area contributed by atoms with Crippen molar-refractivity contribution in [1.29, 1.82) is 0 Å². The SMILES string of the molecule is Cc1cccc(C)c1-n1c(=O)c2ccccc2n2c(SC(C)C(=O)c3ccc(F)cc3)nnc12. The Hall–Kier alpha value is -3.78. The van der Waals surface area contributed by atoms with E-state index in [0.29, 0.717) is 27.4 Å². The van der Waals surface area contributed by atoms with Crippen LogP contribution < -0.4 is 5.56 Å². The molecule has 5 aromatic rings. The number of hydrogen-bond donors (Lipinski definition) is 0. The Morgan fingerprint density at radius 3 is 2.32 bits per heavy atom. The van der Waals surface area contributed by atoms with Crippen LogP contribution in [0.15, 0.2) is 76.7 Å². The lowest BCUT2D eigenvalue weighted by Gasteiger charge is -2.16. The average Bonchev–Trinajstić information content (AvgIpc) is 3.24. The van der Waals surface area contributed by atoms with Crippen LogP contribution in [0.3, 0.4) is 0 Å². The zero-order valence-corrected chi connectivity index (χ0v) is 19.6. The van der Waals surface area contributed by atoms with Crippen LogP contribution in [-0.4, -0.2) is 30.2 Å². The summed E-state index contributed by atoms with van der Waals surface area (Å²) < 4.78 is 16.7. The molecule has 0 aliphatic carbocycles. The van der Waals surface area contributed by atoms with Gasteiger partial charge in [-0.3, -0.25) is 14.0 Å². The summed E-state index contributed by atoms with van der Waals surface area (Å²) in [5.41, 5.74) is 3.56. The van der Waals surface area contributed by atoms with Gasteiger partial charge in [0.2, 0.25) is 5.78 Å². The summed E-state index contributed by atoms with van der Waals surface area (Å²) >= 11 is 1.25. The topological polar surface area (TPSA) is 69.3 Å². The van der Waals surface area contributed by atoms with Crippen molar-refractivity contribution >= 4 is 34.2 Å². The van der Waals surface area contributed by atoms with Gasteiger partial charge in [-0.1, -0.05) is 42.1 Å². The zero-order chi connectivity index (χ0) is 24.0. The second kappa shape index (κ2) is 8.53. The van der Waals surface area contributed by atoms with E-state index >= 15 is 0 Å². The molecule has 0 radical (unpaired) electrons. The first-order chi connectivity index (χ1) is 16.4. The summed E-state index contributed by atoms with van der Waals surface area (Å²) in [7, 11) is 0. The molecule has 34 heavy (non-hydrogen) atoms. The fourth-order valence-electron chi connectivity index (χ4n) is 4.18. The normalized spacial score (nSPS) is 12.4. The maximum absolute atomic E-state index is 13.6. The standard InChI is InChI=1S/C26H21FN4O2S/c1-15-7-6-8-16(2)22(15)31-24(33)20-9-4-5-10-21(20)30-25(31)28-29-26(30)34-17(3)23(32)18-11-13-19(27)14-12-18/h4-14,17H,1-3H3. The van der Waals surface area contributed by atoms with Gasteiger partial charge in [-0.05, 0) is 68.3 Å². The molecular formula is C26H21FN4O2S. The summed E-state index contributed by atoms with van der Waals surface area (Å²) in [6.45, 7) is 5.69. The molecule has 8 heteroatoms. The second-order valence-corrected chi connectivity index (χ2v) is 9.46.